The van der Waals surface area contributed by atoms with Gasteiger partial charge in [0.1, 0.15) is 11.6 Å². The van der Waals surface area contributed by atoms with Crippen molar-refractivity contribution in [3.63, 3.8) is 0 Å². The van der Waals surface area contributed by atoms with Crippen LogP contribution in [0.5, 0.6) is 0 Å². The predicted octanol–water partition coefficient (Wildman–Crippen LogP) is 5.13. The highest BCUT2D eigenvalue weighted by Crippen LogP contribution is 2.26. The number of nitrogens with one attached hydrogen (secondary N) is 2. The van der Waals surface area contributed by atoms with Crippen LogP contribution < -0.4 is 10.6 Å². The maximum atomic E-state index is 13.9. The van der Waals surface area contributed by atoms with Crippen LogP contribution in [0.4, 0.5) is 15.9 Å². The number of nitrogens with zero attached hydrogens (tertiary/aromatic N) is 1. The average Bonchev–Trinajstić information content (AvgIpc) is 2.55. The van der Waals surface area contributed by atoms with Crippen molar-refractivity contribution in [2.75, 3.05) is 11.9 Å². The third kappa shape index (κ3) is 5.16. The Balaban J connectivity index is 2.29. The van der Waals surface area contributed by atoms with E-state index in [4.69, 9.17) is 11.6 Å². The number of amides is 1. The predicted molar refractivity (Wildman–Crippen MR) is 100 cm³/mol. The van der Waals surface area contributed by atoms with Crippen LogP contribution in [0.15, 0.2) is 30.5 Å². The second kappa shape index (κ2) is 8.30. The lowest BCUT2D eigenvalue weighted by atomic mass is 9.98. The third-order valence-electron chi connectivity index (χ3n) is 3.66. The number of hydrogen-bond donors (Lipinski definition) is 2. The number of carbonyl (C=O) groups is 1. The van der Waals surface area contributed by atoms with E-state index in [0.29, 0.717) is 28.9 Å². The molecule has 2 aromatic rings. The number of pyridine rings is 1. The van der Waals surface area contributed by atoms with Crippen molar-refractivity contribution >= 4 is 29.0 Å². The molecule has 0 atom stereocenters. The molecule has 0 saturated heterocycles. The number of hydrogen-bond acceptors (Lipinski definition) is 3. The second-order valence-electron chi connectivity index (χ2n) is 6.66. The zero-order valence-corrected chi connectivity index (χ0v) is 15.6. The lowest BCUT2D eigenvalue weighted by molar-refractivity contribution is 0.0947. The fraction of sp³-hybridized carbons (Fsp3) is 0.368. The standard InChI is InChI=1S/C19H23ClFN3O/c1-11(2)9-23-19(25)15-10-22-18(8-14(15)12(3)4)24-17-7-13(20)5-6-16(17)21/h5-8,10-12H,9H2,1-4H3,(H,22,24)(H,23,25). The van der Waals surface area contributed by atoms with Crippen LogP contribution in [-0.4, -0.2) is 17.4 Å². The molecule has 0 saturated carbocycles. The SMILES string of the molecule is CC(C)CNC(=O)c1cnc(Nc2cc(Cl)ccc2F)cc1C(C)C. The largest absolute Gasteiger partial charge is 0.352 e. The van der Waals surface area contributed by atoms with Crippen molar-refractivity contribution in [1.82, 2.24) is 10.3 Å². The number of carbonyl (C=O) groups excluding carboxylic acids is 1. The van der Waals surface area contributed by atoms with E-state index >= 15 is 0 Å². The number of aromatic nitrogens is 1. The van der Waals surface area contributed by atoms with E-state index < -0.39 is 5.82 Å². The third-order valence-corrected chi connectivity index (χ3v) is 3.90. The van der Waals surface area contributed by atoms with Gasteiger partial charge in [0.15, 0.2) is 0 Å². The fourth-order valence-electron chi connectivity index (χ4n) is 2.33. The molecule has 0 aliphatic carbocycles. The Labute approximate surface area is 152 Å². The highest BCUT2D eigenvalue weighted by atomic mass is 35.5. The molecule has 6 heteroatoms. The van der Waals surface area contributed by atoms with Gasteiger partial charge < -0.3 is 10.6 Å². The van der Waals surface area contributed by atoms with Gasteiger partial charge in [-0.05, 0) is 41.7 Å². The summed E-state index contributed by atoms with van der Waals surface area (Å²) in [5, 5.41) is 6.25. The van der Waals surface area contributed by atoms with Gasteiger partial charge in [-0.3, -0.25) is 4.79 Å². The molecule has 25 heavy (non-hydrogen) atoms. The Kier molecular flexibility index (Phi) is 6.37. The van der Waals surface area contributed by atoms with Gasteiger partial charge >= 0.3 is 0 Å². The lowest BCUT2D eigenvalue weighted by Crippen LogP contribution is -2.28. The molecule has 2 rings (SSSR count). The summed E-state index contributed by atoms with van der Waals surface area (Å²) in [7, 11) is 0. The maximum Gasteiger partial charge on any atom is 0.253 e. The molecule has 0 aliphatic rings. The first-order valence-electron chi connectivity index (χ1n) is 8.28. The normalized spacial score (nSPS) is 11.0. The first-order valence-corrected chi connectivity index (χ1v) is 8.66. The first-order chi connectivity index (χ1) is 11.8. The highest BCUT2D eigenvalue weighted by Gasteiger charge is 2.16. The van der Waals surface area contributed by atoms with Crippen molar-refractivity contribution in [1.29, 1.82) is 0 Å². The molecular weight excluding hydrogens is 341 g/mol. The molecule has 4 nitrogen and oxygen atoms in total. The minimum Gasteiger partial charge on any atom is -0.352 e. The molecule has 0 fully saturated rings. The van der Waals surface area contributed by atoms with Gasteiger partial charge in [-0.25, -0.2) is 9.37 Å². The number of halogens is 2. The molecule has 0 spiro atoms. The van der Waals surface area contributed by atoms with Crippen LogP contribution in [0.1, 0.15) is 49.5 Å². The quantitative estimate of drug-likeness (QED) is 0.748. The van der Waals surface area contributed by atoms with Crippen molar-refractivity contribution in [2.24, 2.45) is 5.92 Å². The molecular formula is C19H23ClFN3O. The van der Waals surface area contributed by atoms with E-state index in [2.05, 4.69) is 15.6 Å². The van der Waals surface area contributed by atoms with Crippen LogP contribution in [0, 0.1) is 11.7 Å². The molecule has 134 valence electrons. The second-order valence-corrected chi connectivity index (χ2v) is 7.10. The van der Waals surface area contributed by atoms with Crippen LogP contribution >= 0.6 is 11.6 Å². The maximum absolute atomic E-state index is 13.9. The summed E-state index contributed by atoms with van der Waals surface area (Å²) in [6.07, 6.45) is 1.52. The van der Waals surface area contributed by atoms with Crippen molar-refractivity contribution < 1.29 is 9.18 Å². The monoisotopic (exact) mass is 363 g/mol. The average molecular weight is 364 g/mol. The number of anilines is 2. The summed E-state index contributed by atoms with van der Waals surface area (Å²) in [5.74, 6) is 0.380. The van der Waals surface area contributed by atoms with Gasteiger partial charge in [-0.1, -0.05) is 39.3 Å². The first kappa shape index (κ1) is 19.2. The summed E-state index contributed by atoms with van der Waals surface area (Å²) in [6.45, 7) is 8.67. The summed E-state index contributed by atoms with van der Waals surface area (Å²) in [5.41, 5.74) is 1.63. The molecule has 1 amide bonds. The Morgan fingerprint density at radius 2 is 1.96 bits per heavy atom. The molecule has 0 unspecified atom stereocenters. The molecule has 2 N–H and O–H groups in total. The van der Waals surface area contributed by atoms with Gasteiger partial charge in [0.05, 0.1) is 11.3 Å². The van der Waals surface area contributed by atoms with E-state index in [-0.39, 0.29) is 17.5 Å². The van der Waals surface area contributed by atoms with Gasteiger partial charge in [0.25, 0.3) is 5.91 Å². The molecule has 0 radical (unpaired) electrons. The Morgan fingerprint density at radius 1 is 1.24 bits per heavy atom. The number of benzene rings is 1. The topological polar surface area (TPSA) is 54.0 Å². The summed E-state index contributed by atoms with van der Waals surface area (Å²) >= 11 is 5.91. The lowest BCUT2D eigenvalue weighted by Gasteiger charge is -2.16. The van der Waals surface area contributed by atoms with Crippen LogP contribution in [0.3, 0.4) is 0 Å². The summed E-state index contributed by atoms with van der Waals surface area (Å²) < 4.78 is 13.9. The van der Waals surface area contributed by atoms with E-state index in [0.717, 1.165) is 5.56 Å². The summed E-state index contributed by atoms with van der Waals surface area (Å²) in [6, 6.07) is 6.05. The number of rotatable bonds is 6. The van der Waals surface area contributed by atoms with Crippen molar-refractivity contribution in [3.05, 3.63) is 52.4 Å². The van der Waals surface area contributed by atoms with Gasteiger partial charge in [-0.2, -0.15) is 0 Å². The Bertz CT molecular complexity index is 762. The molecule has 1 aromatic carbocycles. The van der Waals surface area contributed by atoms with E-state index in [1.54, 1.807) is 6.07 Å². The minimum absolute atomic E-state index is 0.118. The molecule has 0 aliphatic heterocycles. The zero-order chi connectivity index (χ0) is 18.6. The fourth-order valence-corrected chi connectivity index (χ4v) is 2.50. The van der Waals surface area contributed by atoms with Crippen molar-refractivity contribution in [2.45, 2.75) is 33.6 Å². The minimum atomic E-state index is -0.420. The van der Waals surface area contributed by atoms with E-state index in [9.17, 15) is 9.18 Å². The van der Waals surface area contributed by atoms with Gasteiger partial charge in [0, 0.05) is 17.8 Å². The van der Waals surface area contributed by atoms with E-state index in [1.165, 1.54) is 24.4 Å². The Hall–Kier alpha value is -2.14. The molecule has 1 heterocycles. The molecule has 1 aromatic heterocycles. The zero-order valence-electron chi connectivity index (χ0n) is 14.9. The van der Waals surface area contributed by atoms with Crippen LogP contribution in [-0.2, 0) is 0 Å². The van der Waals surface area contributed by atoms with E-state index in [1.807, 2.05) is 27.7 Å². The van der Waals surface area contributed by atoms with Gasteiger partial charge in [-0.15, -0.1) is 0 Å². The Morgan fingerprint density at radius 3 is 2.60 bits per heavy atom. The molecule has 0 bridgehead atoms. The highest BCUT2D eigenvalue weighted by molar-refractivity contribution is 6.30. The summed E-state index contributed by atoms with van der Waals surface area (Å²) in [4.78, 5) is 16.6. The van der Waals surface area contributed by atoms with Crippen LogP contribution in [0.25, 0.3) is 0 Å². The van der Waals surface area contributed by atoms with Crippen LogP contribution in [0.2, 0.25) is 5.02 Å². The van der Waals surface area contributed by atoms with Crippen molar-refractivity contribution in [3.8, 4) is 0 Å². The smallest absolute Gasteiger partial charge is 0.253 e. The van der Waals surface area contributed by atoms with Gasteiger partial charge in [0.2, 0.25) is 0 Å².